The SMILES string of the molecule is CS(=O)(=O)c1c(-c2ccccc2)ccc(N2CCCC(c3cnc4cc(S(N)(=O)=O)ccc4n3)C2=O)c1F. The minimum Gasteiger partial charge on any atom is -0.309 e. The minimum atomic E-state index is -3.98. The number of rotatable bonds is 5. The van der Waals surface area contributed by atoms with Crippen LogP contribution in [-0.4, -0.2) is 45.5 Å². The van der Waals surface area contributed by atoms with Crippen molar-refractivity contribution in [1.82, 2.24) is 9.97 Å². The van der Waals surface area contributed by atoms with Gasteiger partial charge in [0, 0.05) is 24.6 Å². The van der Waals surface area contributed by atoms with E-state index >= 15 is 4.39 Å². The second-order valence-electron chi connectivity index (χ2n) is 9.09. The molecular formula is C26H23FN4O5S2. The molecule has 0 aliphatic carbocycles. The molecule has 9 nitrogen and oxygen atoms in total. The number of fused-ring (bicyclic) bond motifs is 1. The fourth-order valence-corrected chi connectivity index (χ4v) is 6.25. The molecule has 38 heavy (non-hydrogen) atoms. The molecule has 5 rings (SSSR count). The van der Waals surface area contributed by atoms with Crippen LogP contribution in [0.15, 0.2) is 76.7 Å². The first-order chi connectivity index (χ1) is 17.9. The van der Waals surface area contributed by atoms with Gasteiger partial charge in [-0.1, -0.05) is 36.4 Å². The molecule has 3 aromatic carbocycles. The quantitative estimate of drug-likeness (QED) is 0.399. The van der Waals surface area contributed by atoms with Crippen LogP contribution in [0.5, 0.6) is 0 Å². The Morgan fingerprint density at radius 1 is 1.00 bits per heavy atom. The second kappa shape index (κ2) is 9.53. The Morgan fingerprint density at radius 3 is 2.42 bits per heavy atom. The van der Waals surface area contributed by atoms with Gasteiger partial charge in [-0.25, -0.2) is 31.3 Å². The Balaban J connectivity index is 1.54. The highest BCUT2D eigenvalue weighted by Gasteiger charge is 2.35. The Morgan fingerprint density at radius 2 is 1.74 bits per heavy atom. The maximum absolute atomic E-state index is 15.9. The molecule has 2 N–H and O–H groups in total. The summed E-state index contributed by atoms with van der Waals surface area (Å²) in [5.74, 6) is -2.16. The van der Waals surface area contributed by atoms with Gasteiger partial charge in [0.15, 0.2) is 15.7 Å². The molecule has 4 aromatic rings. The van der Waals surface area contributed by atoms with Crippen molar-refractivity contribution >= 4 is 42.5 Å². The zero-order valence-corrected chi connectivity index (χ0v) is 21.8. The highest BCUT2D eigenvalue weighted by molar-refractivity contribution is 7.91. The number of amides is 1. The van der Waals surface area contributed by atoms with Crippen LogP contribution in [0.4, 0.5) is 10.1 Å². The van der Waals surface area contributed by atoms with Crippen LogP contribution in [0, 0.1) is 5.82 Å². The number of anilines is 1. The Labute approximate surface area is 219 Å². The first kappa shape index (κ1) is 25.9. The van der Waals surface area contributed by atoms with Gasteiger partial charge in [0.2, 0.25) is 15.9 Å². The van der Waals surface area contributed by atoms with Crippen LogP contribution in [0.1, 0.15) is 24.5 Å². The molecule has 1 fully saturated rings. The van der Waals surface area contributed by atoms with Crippen LogP contribution in [0.2, 0.25) is 0 Å². The van der Waals surface area contributed by atoms with Crippen molar-refractivity contribution in [2.24, 2.45) is 5.14 Å². The molecule has 2 heterocycles. The third kappa shape index (κ3) is 4.77. The second-order valence-corrected chi connectivity index (χ2v) is 12.6. The van der Waals surface area contributed by atoms with Crippen LogP contribution in [0.25, 0.3) is 22.2 Å². The number of sulfonamides is 1. The van der Waals surface area contributed by atoms with E-state index in [9.17, 15) is 21.6 Å². The van der Waals surface area contributed by atoms with E-state index in [4.69, 9.17) is 5.14 Å². The molecule has 1 aromatic heterocycles. The fourth-order valence-electron chi connectivity index (χ4n) is 4.70. The van der Waals surface area contributed by atoms with E-state index in [1.54, 1.807) is 30.3 Å². The number of piperidine rings is 1. The van der Waals surface area contributed by atoms with Crippen LogP contribution >= 0.6 is 0 Å². The van der Waals surface area contributed by atoms with Crippen molar-refractivity contribution in [3.63, 3.8) is 0 Å². The summed E-state index contributed by atoms with van der Waals surface area (Å²) >= 11 is 0. The number of hydrogen-bond acceptors (Lipinski definition) is 7. The van der Waals surface area contributed by atoms with Gasteiger partial charge >= 0.3 is 0 Å². The number of nitrogens with zero attached hydrogens (tertiary/aromatic N) is 3. The van der Waals surface area contributed by atoms with Gasteiger partial charge in [-0.3, -0.25) is 9.78 Å². The number of halogens is 1. The fraction of sp³-hybridized carbons (Fsp3) is 0.192. The number of primary sulfonamides is 1. The highest BCUT2D eigenvalue weighted by Crippen LogP contribution is 2.38. The summed E-state index contributed by atoms with van der Waals surface area (Å²) in [6, 6.07) is 15.6. The third-order valence-corrected chi connectivity index (χ3v) is 8.53. The zero-order chi connectivity index (χ0) is 27.2. The lowest BCUT2D eigenvalue weighted by atomic mass is 9.93. The number of carbonyl (C=O) groups is 1. The van der Waals surface area contributed by atoms with Crippen molar-refractivity contribution in [1.29, 1.82) is 0 Å². The van der Waals surface area contributed by atoms with Gasteiger partial charge in [-0.15, -0.1) is 0 Å². The summed E-state index contributed by atoms with van der Waals surface area (Å²) in [5, 5.41) is 5.18. The monoisotopic (exact) mass is 554 g/mol. The lowest BCUT2D eigenvalue weighted by Crippen LogP contribution is -2.41. The Bertz CT molecular complexity index is 1800. The van der Waals surface area contributed by atoms with Crippen molar-refractivity contribution in [2.75, 3.05) is 17.7 Å². The van der Waals surface area contributed by atoms with E-state index in [1.807, 2.05) is 0 Å². The van der Waals surface area contributed by atoms with E-state index in [1.165, 1.54) is 41.4 Å². The Kier molecular flexibility index (Phi) is 6.49. The number of sulfone groups is 1. The number of aromatic nitrogens is 2. The summed E-state index contributed by atoms with van der Waals surface area (Å²) in [7, 11) is -7.90. The van der Waals surface area contributed by atoms with Gasteiger partial charge in [0.05, 0.1) is 33.2 Å². The molecule has 1 atom stereocenters. The molecule has 12 heteroatoms. The third-order valence-electron chi connectivity index (χ3n) is 6.48. The molecule has 1 saturated heterocycles. The van der Waals surface area contributed by atoms with Crippen molar-refractivity contribution < 1.29 is 26.0 Å². The molecule has 0 radical (unpaired) electrons. The summed E-state index contributed by atoms with van der Waals surface area (Å²) < 4.78 is 64.5. The average molecular weight is 555 g/mol. The molecule has 0 saturated carbocycles. The molecular weight excluding hydrogens is 531 g/mol. The normalized spacial score (nSPS) is 16.7. The molecule has 0 bridgehead atoms. The first-order valence-corrected chi connectivity index (χ1v) is 15.1. The number of carbonyl (C=O) groups excluding carboxylic acids is 1. The maximum atomic E-state index is 15.9. The molecule has 1 aliphatic rings. The van der Waals surface area contributed by atoms with Gasteiger partial charge < -0.3 is 4.90 Å². The lowest BCUT2D eigenvalue weighted by Gasteiger charge is -2.32. The summed E-state index contributed by atoms with van der Waals surface area (Å²) in [6.07, 6.45) is 3.29. The molecule has 1 aliphatic heterocycles. The van der Waals surface area contributed by atoms with Gasteiger partial charge in [-0.05, 0) is 42.7 Å². The lowest BCUT2D eigenvalue weighted by molar-refractivity contribution is -0.121. The highest BCUT2D eigenvalue weighted by atomic mass is 32.2. The zero-order valence-electron chi connectivity index (χ0n) is 20.2. The van der Waals surface area contributed by atoms with Crippen molar-refractivity contribution in [3.8, 4) is 11.1 Å². The van der Waals surface area contributed by atoms with E-state index < -0.39 is 42.4 Å². The molecule has 1 amide bonds. The minimum absolute atomic E-state index is 0.108. The average Bonchev–Trinajstić information content (AvgIpc) is 2.87. The van der Waals surface area contributed by atoms with Gasteiger partial charge in [0.25, 0.3) is 0 Å². The smallest absolute Gasteiger partial charge is 0.238 e. The summed E-state index contributed by atoms with van der Waals surface area (Å²) in [6.45, 7) is 0.207. The largest absolute Gasteiger partial charge is 0.309 e. The van der Waals surface area contributed by atoms with E-state index in [2.05, 4.69) is 9.97 Å². The van der Waals surface area contributed by atoms with E-state index in [0.29, 0.717) is 35.1 Å². The van der Waals surface area contributed by atoms with Crippen LogP contribution < -0.4 is 10.0 Å². The molecule has 0 spiro atoms. The molecule has 196 valence electrons. The standard InChI is InChI=1S/C26H23FN4O5S2/c1-37(33,34)25-18(16-6-3-2-4-7-16)10-12-23(24(25)27)31-13-5-8-19(26(31)32)22-15-29-21-14-17(38(28,35)36)9-11-20(21)30-22/h2-4,6-7,9-12,14-15,19H,5,8,13H2,1H3,(H2,28,35,36). The van der Waals surface area contributed by atoms with Crippen molar-refractivity contribution in [2.45, 2.75) is 28.6 Å². The summed E-state index contributed by atoms with van der Waals surface area (Å²) in [4.78, 5) is 23.0. The maximum Gasteiger partial charge on any atom is 0.238 e. The van der Waals surface area contributed by atoms with Gasteiger partial charge in [-0.2, -0.15) is 0 Å². The summed E-state index contributed by atoms with van der Waals surface area (Å²) in [5.41, 5.74) is 1.65. The van der Waals surface area contributed by atoms with Crippen LogP contribution in [0.3, 0.4) is 0 Å². The predicted octanol–water partition coefficient (Wildman–Crippen LogP) is 3.40. The number of nitrogens with two attached hydrogens (primary N) is 1. The number of hydrogen-bond donors (Lipinski definition) is 1. The predicted molar refractivity (Wildman–Crippen MR) is 140 cm³/mol. The van der Waals surface area contributed by atoms with Crippen LogP contribution in [-0.2, 0) is 24.7 Å². The van der Waals surface area contributed by atoms with Crippen molar-refractivity contribution in [3.05, 3.63) is 78.4 Å². The van der Waals surface area contributed by atoms with E-state index in [0.717, 1.165) is 6.26 Å². The van der Waals surface area contributed by atoms with Gasteiger partial charge in [0.1, 0.15) is 4.90 Å². The Hall–Kier alpha value is -3.74. The molecule has 1 unspecified atom stereocenters. The van der Waals surface area contributed by atoms with E-state index in [-0.39, 0.29) is 22.7 Å². The number of benzene rings is 3. The first-order valence-electron chi connectivity index (χ1n) is 11.6. The topological polar surface area (TPSA) is 140 Å².